The molecule has 0 aliphatic carbocycles. The van der Waals surface area contributed by atoms with Crippen LogP contribution >= 0.6 is 0 Å². The van der Waals surface area contributed by atoms with E-state index in [0.717, 1.165) is 0 Å². The second-order valence-corrected chi connectivity index (χ2v) is 2.92. The standard InChI is InChI=1S/C8H8N6O2/c15-14(16)8-6(2-1-3-9-8)10-4-7-11-5-12-13-7/h1-3,5,10H,4H2,(H,11,12,13). The van der Waals surface area contributed by atoms with Gasteiger partial charge in [-0.05, 0) is 22.0 Å². The Hall–Kier alpha value is -2.51. The summed E-state index contributed by atoms with van der Waals surface area (Å²) in [7, 11) is 0. The smallest absolute Gasteiger partial charge is 0.371 e. The molecule has 0 bridgehead atoms. The molecule has 2 rings (SSSR count). The monoisotopic (exact) mass is 220 g/mol. The first-order valence-electron chi connectivity index (χ1n) is 4.45. The first kappa shape index (κ1) is 10.0. The van der Waals surface area contributed by atoms with E-state index < -0.39 is 4.92 Å². The van der Waals surface area contributed by atoms with E-state index in [4.69, 9.17) is 0 Å². The minimum Gasteiger partial charge on any atom is -0.371 e. The number of hydrogen-bond donors (Lipinski definition) is 2. The Morgan fingerprint density at radius 1 is 1.50 bits per heavy atom. The van der Waals surface area contributed by atoms with E-state index in [1.165, 1.54) is 12.5 Å². The summed E-state index contributed by atoms with van der Waals surface area (Å²) in [4.78, 5) is 17.7. The first-order valence-corrected chi connectivity index (χ1v) is 4.45. The van der Waals surface area contributed by atoms with E-state index in [0.29, 0.717) is 18.1 Å². The zero-order valence-corrected chi connectivity index (χ0v) is 8.12. The van der Waals surface area contributed by atoms with E-state index >= 15 is 0 Å². The minimum atomic E-state index is -0.539. The summed E-state index contributed by atoms with van der Waals surface area (Å²) in [5.41, 5.74) is 0.351. The van der Waals surface area contributed by atoms with Gasteiger partial charge in [-0.3, -0.25) is 5.10 Å². The van der Waals surface area contributed by atoms with Gasteiger partial charge in [0.25, 0.3) is 0 Å². The Morgan fingerprint density at radius 2 is 2.38 bits per heavy atom. The minimum absolute atomic E-state index is 0.206. The zero-order chi connectivity index (χ0) is 11.4. The Balaban J connectivity index is 2.12. The Kier molecular flexibility index (Phi) is 2.72. The molecule has 82 valence electrons. The third-order valence-corrected chi connectivity index (χ3v) is 1.87. The molecule has 0 atom stereocenters. The quantitative estimate of drug-likeness (QED) is 0.580. The molecule has 0 unspecified atom stereocenters. The predicted octanol–water partition coefficient (Wildman–Crippen LogP) is 0.720. The molecule has 0 aromatic carbocycles. The topological polar surface area (TPSA) is 110 Å². The number of hydrogen-bond acceptors (Lipinski definition) is 6. The lowest BCUT2D eigenvalue weighted by atomic mass is 10.4. The van der Waals surface area contributed by atoms with Crippen LogP contribution in [-0.4, -0.2) is 25.1 Å². The zero-order valence-electron chi connectivity index (χ0n) is 8.12. The maximum atomic E-state index is 10.7. The number of anilines is 1. The molecule has 2 aromatic heterocycles. The van der Waals surface area contributed by atoms with Crippen molar-refractivity contribution in [3.63, 3.8) is 0 Å². The van der Waals surface area contributed by atoms with Gasteiger partial charge in [0.2, 0.25) is 0 Å². The second kappa shape index (κ2) is 4.34. The number of nitro groups is 1. The van der Waals surface area contributed by atoms with Crippen molar-refractivity contribution < 1.29 is 4.92 Å². The Morgan fingerprint density at radius 3 is 3.06 bits per heavy atom. The first-order chi connectivity index (χ1) is 7.77. The third kappa shape index (κ3) is 2.11. The van der Waals surface area contributed by atoms with Crippen molar-refractivity contribution in [3.8, 4) is 0 Å². The van der Waals surface area contributed by atoms with Crippen LogP contribution in [0.2, 0.25) is 0 Å². The lowest BCUT2D eigenvalue weighted by Gasteiger charge is -2.03. The van der Waals surface area contributed by atoms with Gasteiger partial charge in [-0.2, -0.15) is 5.10 Å². The molecule has 16 heavy (non-hydrogen) atoms. The number of aromatic nitrogens is 4. The summed E-state index contributed by atoms with van der Waals surface area (Å²) >= 11 is 0. The van der Waals surface area contributed by atoms with Crippen molar-refractivity contribution in [1.82, 2.24) is 20.2 Å². The van der Waals surface area contributed by atoms with Crippen LogP contribution in [0.3, 0.4) is 0 Å². The summed E-state index contributed by atoms with van der Waals surface area (Å²) in [6.07, 6.45) is 2.74. The van der Waals surface area contributed by atoms with Crippen molar-refractivity contribution >= 4 is 11.5 Å². The highest BCUT2D eigenvalue weighted by molar-refractivity contribution is 5.56. The second-order valence-electron chi connectivity index (χ2n) is 2.92. The molecule has 0 radical (unpaired) electrons. The van der Waals surface area contributed by atoms with Crippen LogP contribution in [0.5, 0.6) is 0 Å². The molecule has 0 amide bonds. The fourth-order valence-corrected chi connectivity index (χ4v) is 1.18. The molecule has 8 nitrogen and oxygen atoms in total. The summed E-state index contributed by atoms with van der Waals surface area (Å²) in [5, 5.41) is 19.8. The van der Waals surface area contributed by atoms with Gasteiger partial charge in [0.05, 0.1) is 6.54 Å². The molecular weight excluding hydrogens is 212 g/mol. The number of nitrogens with one attached hydrogen (secondary N) is 2. The SMILES string of the molecule is O=[N+]([O-])c1ncccc1NCc1ncn[nH]1. The van der Waals surface area contributed by atoms with E-state index in [1.54, 1.807) is 12.1 Å². The third-order valence-electron chi connectivity index (χ3n) is 1.87. The molecule has 0 aliphatic heterocycles. The molecule has 0 spiro atoms. The van der Waals surface area contributed by atoms with Gasteiger partial charge in [0, 0.05) is 0 Å². The summed E-state index contributed by atoms with van der Waals surface area (Å²) in [5.74, 6) is 0.389. The maximum Gasteiger partial charge on any atom is 0.386 e. The van der Waals surface area contributed by atoms with Gasteiger partial charge >= 0.3 is 5.82 Å². The lowest BCUT2D eigenvalue weighted by Crippen LogP contribution is -2.04. The molecule has 2 heterocycles. The van der Waals surface area contributed by atoms with Crippen LogP contribution < -0.4 is 5.32 Å². The van der Waals surface area contributed by atoms with Crippen molar-refractivity contribution in [1.29, 1.82) is 0 Å². The molecule has 0 saturated heterocycles. The molecule has 8 heteroatoms. The van der Waals surface area contributed by atoms with Crippen LogP contribution in [0.4, 0.5) is 11.5 Å². The molecule has 0 saturated carbocycles. The summed E-state index contributed by atoms with van der Waals surface area (Å²) in [6.45, 7) is 0.326. The van der Waals surface area contributed by atoms with Gasteiger partial charge in [-0.1, -0.05) is 0 Å². The van der Waals surface area contributed by atoms with Gasteiger partial charge in [0.15, 0.2) is 0 Å². The lowest BCUT2D eigenvalue weighted by molar-refractivity contribution is -0.388. The molecule has 0 fully saturated rings. The van der Waals surface area contributed by atoms with Gasteiger partial charge in [-0.25, -0.2) is 4.98 Å². The van der Waals surface area contributed by atoms with Crippen LogP contribution in [0.1, 0.15) is 5.82 Å². The molecule has 2 aromatic rings. The van der Waals surface area contributed by atoms with Crippen molar-refractivity contribution in [2.45, 2.75) is 6.54 Å². The van der Waals surface area contributed by atoms with Crippen LogP contribution in [0, 0.1) is 10.1 Å². The number of rotatable bonds is 4. The largest absolute Gasteiger partial charge is 0.386 e. The highest BCUT2D eigenvalue weighted by atomic mass is 16.6. The van der Waals surface area contributed by atoms with E-state index in [9.17, 15) is 10.1 Å². The van der Waals surface area contributed by atoms with Crippen LogP contribution in [0.25, 0.3) is 0 Å². The normalized spacial score (nSPS) is 10.0. The average Bonchev–Trinajstić information content (AvgIpc) is 2.79. The average molecular weight is 220 g/mol. The Labute approximate surface area is 89.9 Å². The van der Waals surface area contributed by atoms with Gasteiger partial charge < -0.3 is 15.4 Å². The van der Waals surface area contributed by atoms with Crippen molar-refractivity contribution in [2.75, 3.05) is 5.32 Å². The molecular formula is C8H8N6O2. The predicted molar refractivity (Wildman–Crippen MR) is 54.6 cm³/mol. The maximum absolute atomic E-state index is 10.7. The number of H-pyrrole nitrogens is 1. The van der Waals surface area contributed by atoms with E-state index in [1.807, 2.05) is 0 Å². The molecule has 2 N–H and O–H groups in total. The van der Waals surface area contributed by atoms with E-state index in [-0.39, 0.29) is 5.82 Å². The Bertz CT molecular complexity index is 483. The summed E-state index contributed by atoms with van der Waals surface area (Å²) < 4.78 is 0. The van der Waals surface area contributed by atoms with Crippen molar-refractivity contribution in [2.24, 2.45) is 0 Å². The highest BCUT2D eigenvalue weighted by Crippen LogP contribution is 2.20. The summed E-state index contributed by atoms with van der Waals surface area (Å²) in [6, 6.07) is 3.21. The molecule has 0 aliphatic rings. The van der Waals surface area contributed by atoms with Gasteiger partial charge in [0.1, 0.15) is 24.0 Å². The van der Waals surface area contributed by atoms with Crippen LogP contribution in [-0.2, 0) is 6.54 Å². The van der Waals surface area contributed by atoms with Crippen LogP contribution in [0.15, 0.2) is 24.7 Å². The fraction of sp³-hybridized carbons (Fsp3) is 0.125. The van der Waals surface area contributed by atoms with Crippen molar-refractivity contribution in [3.05, 3.63) is 40.6 Å². The number of aromatic amines is 1. The fourth-order valence-electron chi connectivity index (χ4n) is 1.18. The van der Waals surface area contributed by atoms with E-state index in [2.05, 4.69) is 25.5 Å². The number of pyridine rings is 1. The number of nitrogens with zero attached hydrogens (tertiary/aromatic N) is 4. The van der Waals surface area contributed by atoms with Gasteiger partial charge in [-0.15, -0.1) is 0 Å². The highest BCUT2D eigenvalue weighted by Gasteiger charge is 2.13.